The van der Waals surface area contributed by atoms with E-state index in [4.69, 9.17) is 0 Å². The Morgan fingerprint density at radius 3 is 3.00 bits per heavy atom. The Balaban J connectivity index is 1.58. The first kappa shape index (κ1) is 13.2. The average molecular weight is 293 g/mol. The van der Waals surface area contributed by atoms with Gasteiger partial charge in [-0.15, -0.1) is 0 Å². The zero-order chi connectivity index (χ0) is 15.1. The van der Waals surface area contributed by atoms with Crippen LogP contribution in [0.15, 0.2) is 48.8 Å². The molecule has 4 heteroatoms. The molecule has 0 aliphatic carbocycles. The lowest BCUT2D eigenvalue weighted by atomic mass is 10.1. The molecule has 0 unspecified atom stereocenters. The predicted molar refractivity (Wildman–Crippen MR) is 86.6 cm³/mol. The largest absolute Gasteiger partial charge is 0.361 e. The standard InChI is InChI=1S/C18H19N3O/c1-13-17-7-4-8-20(17)9-10-21(13)18(22)11-14-12-19-16-6-3-2-5-15(14)16/h2-8,12-13,19H,9-11H2,1H3/t13-/m1/s1. The van der Waals surface area contributed by atoms with Crippen molar-refractivity contribution in [1.29, 1.82) is 0 Å². The second kappa shape index (κ2) is 5.05. The Bertz CT molecular complexity index is 830. The van der Waals surface area contributed by atoms with E-state index in [0.29, 0.717) is 6.42 Å². The molecule has 2 aromatic heterocycles. The average Bonchev–Trinajstić information content (AvgIpc) is 3.15. The molecule has 4 rings (SSSR count). The molecular formula is C18H19N3O. The lowest BCUT2D eigenvalue weighted by Gasteiger charge is -2.35. The van der Waals surface area contributed by atoms with Crippen molar-refractivity contribution < 1.29 is 4.79 Å². The van der Waals surface area contributed by atoms with Gasteiger partial charge in [0.05, 0.1) is 12.5 Å². The third kappa shape index (κ3) is 2.03. The van der Waals surface area contributed by atoms with Gasteiger partial charge in [-0.05, 0) is 30.7 Å². The Kier molecular flexibility index (Phi) is 3.03. The van der Waals surface area contributed by atoms with Crippen LogP contribution in [0.4, 0.5) is 0 Å². The van der Waals surface area contributed by atoms with Gasteiger partial charge in [-0.3, -0.25) is 4.79 Å². The molecule has 112 valence electrons. The van der Waals surface area contributed by atoms with E-state index in [0.717, 1.165) is 29.6 Å². The van der Waals surface area contributed by atoms with Crippen molar-refractivity contribution in [1.82, 2.24) is 14.5 Å². The molecule has 1 aliphatic heterocycles. The lowest BCUT2D eigenvalue weighted by Crippen LogP contribution is -2.41. The molecule has 3 heterocycles. The fourth-order valence-electron chi connectivity index (χ4n) is 3.46. The molecule has 0 radical (unpaired) electrons. The number of aromatic amines is 1. The highest BCUT2D eigenvalue weighted by Crippen LogP contribution is 2.27. The summed E-state index contributed by atoms with van der Waals surface area (Å²) < 4.78 is 2.24. The minimum Gasteiger partial charge on any atom is -0.361 e. The monoisotopic (exact) mass is 293 g/mol. The third-order valence-electron chi connectivity index (χ3n) is 4.68. The molecule has 4 nitrogen and oxygen atoms in total. The summed E-state index contributed by atoms with van der Waals surface area (Å²) in [6, 6.07) is 12.4. The highest BCUT2D eigenvalue weighted by Gasteiger charge is 2.27. The van der Waals surface area contributed by atoms with E-state index in [-0.39, 0.29) is 11.9 Å². The SMILES string of the molecule is C[C@@H]1c2cccn2CCN1C(=O)Cc1c[nH]c2ccccc12. The van der Waals surface area contributed by atoms with Gasteiger partial charge in [-0.1, -0.05) is 18.2 Å². The highest BCUT2D eigenvalue weighted by molar-refractivity contribution is 5.89. The van der Waals surface area contributed by atoms with E-state index in [1.54, 1.807) is 0 Å². The van der Waals surface area contributed by atoms with Gasteiger partial charge >= 0.3 is 0 Å². The molecule has 0 bridgehead atoms. The van der Waals surface area contributed by atoms with E-state index in [2.05, 4.69) is 40.9 Å². The number of H-pyrrole nitrogens is 1. The quantitative estimate of drug-likeness (QED) is 0.775. The molecule has 1 aromatic carbocycles. The number of carbonyl (C=O) groups excluding carboxylic acids is 1. The van der Waals surface area contributed by atoms with Crippen LogP contribution in [-0.4, -0.2) is 26.9 Å². The summed E-state index contributed by atoms with van der Waals surface area (Å²) in [4.78, 5) is 18.0. The van der Waals surface area contributed by atoms with Crippen molar-refractivity contribution in [3.63, 3.8) is 0 Å². The predicted octanol–water partition coefficient (Wildman–Crippen LogP) is 3.12. The Hall–Kier alpha value is -2.49. The number of nitrogens with one attached hydrogen (secondary N) is 1. The Morgan fingerprint density at radius 1 is 1.23 bits per heavy atom. The maximum atomic E-state index is 12.8. The van der Waals surface area contributed by atoms with Crippen LogP contribution in [-0.2, 0) is 17.8 Å². The Labute approximate surface area is 129 Å². The number of hydrogen-bond donors (Lipinski definition) is 1. The van der Waals surface area contributed by atoms with Crippen molar-refractivity contribution in [2.24, 2.45) is 0 Å². The molecular weight excluding hydrogens is 274 g/mol. The van der Waals surface area contributed by atoms with Crippen LogP contribution in [0.2, 0.25) is 0 Å². The van der Waals surface area contributed by atoms with Crippen molar-refractivity contribution in [2.45, 2.75) is 25.9 Å². The van der Waals surface area contributed by atoms with E-state index < -0.39 is 0 Å². The number of fused-ring (bicyclic) bond motifs is 2. The maximum absolute atomic E-state index is 12.8. The zero-order valence-corrected chi connectivity index (χ0v) is 12.6. The van der Waals surface area contributed by atoms with Gasteiger partial charge in [0.25, 0.3) is 0 Å². The molecule has 0 saturated heterocycles. The maximum Gasteiger partial charge on any atom is 0.227 e. The van der Waals surface area contributed by atoms with Crippen LogP contribution in [0.25, 0.3) is 10.9 Å². The van der Waals surface area contributed by atoms with Gasteiger partial charge < -0.3 is 14.5 Å². The third-order valence-corrected chi connectivity index (χ3v) is 4.68. The number of para-hydroxylation sites is 1. The first-order valence-electron chi connectivity index (χ1n) is 7.73. The van der Waals surface area contributed by atoms with Crippen molar-refractivity contribution in [3.8, 4) is 0 Å². The van der Waals surface area contributed by atoms with Crippen LogP contribution < -0.4 is 0 Å². The number of rotatable bonds is 2. The number of nitrogens with zero attached hydrogens (tertiary/aromatic N) is 2. The van der Waals surface area contributed by atoms with Gasteiger partial charge in [-0.2, -0.15) is 0 Å². The smallest absolute Gasteiger partial charge is 0.227 e. The summed E-state index contributed by atoms with van der Waals surface area (Å²) >= 11 is 0. The first-order valence-corrected chi connectivity index (χ1v) is 7.73. The van der Waals surface area contributed by atoms with E-state index in [9.17, 15) is 4.79 Å². The van der Waals surface area contributed by atoms with Gasteiger partial charge in [0.15, 0.2) is 0 Å². The van der Waals surface area contributed by atoms with Crippen LogP contribution in [0, 0.1) is 0 Å². The van der Waals surface area contributed by atoms with Crippen LogP contribution in [0.5, 0.6) is 0 Å². The van der Waals surface area contributed by atoms with Crippen LogP contribution >= 0.6 is 0 Å². The zero-order valence-electron chi connectivity index (χ0n) is 12.6. The highest BCUT2D eigenvalue weighted by atomic mass is 16.2. The first-order chi connectivity index (χ1) is 10.7. The molecule has 22 heavy (non-hydrogen) atoms. The molecule has 1 atom stereocenters. The summed E-state index contributed by atoms with van der Waals surface area (Å²) in [5, 5.41) is 1.14. The molecule has 0 saturated carbocycles. The topological polar surface area (TPSA) is 41.0 Å². The molecule has 0 fully saturated rings. The number of amides is 1. The number of benzene rings is 1. The minimum absolute atomic E-state index is 0.140. The van der Waals surface area contributed by atoms with Crippen molar-refractivity contribution >= 4 is 16.8 Å². The molecule has 3 aromatic rings. The van der Waals surface area contributed by atoms with Crippen molar-refractivity contribution in [3.05, 3.63) is 60.0 Å². The summed E-state index contributed by atoms with van der Waals surface area (Å²) in [6.07, 6.45) is 4.50. The number of carbonyl (C=O) groups is 1. The minimum atomic E-state index is 0.140. The van der Waals surface area contributed by atoms with Crippen molar-refractivity contribution in [2.75, 3.05) is 6.54 Å². The fraction of sp³-hybridized carbons (Fsp3) is 0.278. The second-order valence-corrected chi connectivity index (χ2v) is 5.93. The molecule has 1 amide bonds. The fourth-order valence-corrected chi connectivity index (χ4v) is 3.46. The number of aromatic nitrogens is 2. The second-order valence-electron chi connectivity index (χ2n) is 5.93. The van der Waals surface area contributed by atoms with Gasteiger partial charge in [-0.25, -0.2) is 0 Å². The van der Waals surface area contributed by atoms with E-state index in [1.807, 2.05) is 29.3 Å². The summed E-state index contributed by atoms with van der Waals surface area (Å²) in [5.41, 5.74) is 3.39. The van der Waals surface area contributed by atoms with E-state index >= 15 is 0 Å². The van der Waals surface area contributed by atoms with Gasteiger partial charge in [0.1, 0.15) is 0 Å². The summed E-state index contributed by atoms with van der Waals surface area (Å²) in [7, 11) is 0. The molecule has 0 spiro atoms. The van der Waals surface area contributed by atoms with Crippen LogP contribution in [0.3, 0.4) is 0 Å². The van der Waals surface area contributed by atoms with Gasteiger partial charge in [0.2, 0.25) is 5.91 Å². The summed E-state index contributed by atoms with van der Waals surface area (Å²) in [6.45, 7) is 3.77. The Morgan fingerprint density at radius 2 is 2.09 bits per heavy atom. The molecule has 1 aliphatic rings. The van der Waals surface area contributed by atoms with E-state index in [1.165, 1.54) is 5.69 Å². The normalized spacial score (nSPS) is 17.7. The lowest BCUT2D eigenvalue weighted by molar-refractivity contribution is -0.133. The summed E-state index contributed by atoms with van der Waals surface area (Å²) in [5.74, 6) is 0.199. The van der Waals surface area contributed by atoms with Crippen LogP contribution in [0.1, 0.15) is 24.2 Å². The van der Waals surface area contributed by atoms with Gasteiger partial charge in [0, 0.05) is 42.1 Å². The number of hydrogen-bond acceptors (Lipinski definition) is 1. The molecule has 1 N–H and O–H groups in total.